The van der Waals surface area contributed by atoms with Crippen LogP contribution >= 0.6 is 0 Å². The lowest BCUT2D eigenvalue weighted by Crippen LogP contribution is -2.28. The number of hydrogen-bond acceptors (Lipinski definition) is 3. The van der Waals surface area contributed by atoms with Crippen molar-refractivity contribution in [1.29, 1.82) is 0 Å². The first-order valence-corrected chi connectivity index (χ1v) is 5.89. The highest BCUT2D eigenvalue weighted by Crippen LogP contribution is 2.11. The van der Waals surface area contributed by atoms with Gasteiger partial charge in [-0.3, -0.25) is 4.72 Å². The number of nitrogens with zero attached hydrogens (tertiary/aromatic N) is 1. The van der Waals surface area contributed by atoms with Crippen molar-refractivity contribution in [1.82, 2.24) is 4.31 Å². The Morgan fingerprint density at radius 1 is 1.27 bits per heavy atom. The van der Waals surface area contributed by atoms with Crippen molar-refractivity contribution in [2.24, 2.45) is 5.73 Å². The lowest BCUT2D eigenvalue weighted by Gasteiger charge is -2.13. The van der Waals surface area contributed by atoms with Crippen LogP contribution in [0, 0.1) is 0 Å². The largest absolute Gasteiger partial charge is 0.326 e. The van der Waals surface area contributed by atoms with E-state index in [1.807, 2.05) is 0 Å². The highest BCUT2D eigenvalue weighted by Gasteiger charge is 2.12. The summed E-state index contributed by atoms with van der Waals surface area (Å²) >= 11 is 0. The van der Waals surface area contributed by atoms with E-state index in [0.717, 1.165) is 9.87 Å². The van der Waals surface area contributed by atoms with Gasteiger partial charge >= 0.3 is 10.2 Å². The van der Waals surface area contributed by atoms with E-state index in [1.165, 1.54) is 14.1 Å². The Balaban J connectivity index is 2.82. The number of anilines is 1. The number of nitrogens with two attached hydrogens (primary N) is 1. The fraction of sp³-hybridized carbons (Fsp3) is 0.333. The van der Waals surface area contributed by atoms with Crippen molar-refractivity contribution in [3.05, 3.63) is 29.8 Å². The third-order valence-electron chi connectivity index (χ3n) is 1.92. The molecule has 0 unspecified atom stereocenters. The SMILES string of the molecule is CN(C)S(=O)(=O)Nc1ccc(CN)cc1. The van der Waals surface area contributed by atoms with Crippen molar-refractivity contribution in [3.8, 4) is 0 Å². The molecule has 0 bridgehead atoms. The molecular weight excluding hydrogens is 214 g/mol. The zero-order chi connectivity index (χ0) is 11.5. The molecule has 3 N–H and O–H groups in total. The van der Waals surface area contributed by atoms with E-state index in [1.54, 1.807) is 24.3 Å². The zero-order valence-corrected chi connectivity index (χ0v) is 9.58. The van der Waals surface area contributed by atoms with E-state index in [2.05, 4.69) is 4.72 Å². The lowest BCUT2D eigenvalue weighted by atomic mass is 10.2. The van der Waals surface area contributed by atoms with Crippen molar-refractivity contribution in [2.45, 2.75) is 6.54 Å². The van der Waals surface area contributed by atoms with Crippen molar-refractivity contribution in [3.63, 3.8) is 0 Å². The topological polar surface area (TPSA) is 75.4 Å². The first-order chi connectivity index (χ1) is 6.95. The molecule has 1 aromatic carbocycles. The summed E-state index contributed by atoms with van der Waals surface area (Å²) in [5.41, 5.74) is 6.92. The predicted molar refractivity (Wildman–Crippen MR) is 60.6 cm³/mol. The monoisotopic (exact) mass is 229 g/mol. The normalized spacial score (nSPS) is 11.7. The molecule has 0 aliphatic heterocycles. The Kier molecular flexibility index (Phi) is 3.67. The molecule has 0 amide bonds. The van der Waals surface area contributed by atoms with Crippen LogP contribution < -0.4 is 10.5 Å². The average molecular weight is 229 g/mol. The predicted octanol–water partition coefficient (Wildman–Crippen LogP) is 0.364. The van der Waals surface area contributed by atoms with Gasteiger partial charge in [-0.1, -0.05) is 12.1 Å². The molecular formula is C9H15N3O2S. The molecule has 84 valence electrons. The summed E-state index contributed by atoms with van der Waals surface area (Å²) in [4.78, 5) is 0. The molecule has 0 saturated carbocycles. The van der Waals surface area contributed by atoms with E-state index in [0.29, 0.717) is 12.2 Å². The van der Waals surface area contributed by atoms with Gasteiger partial charge in [0.2, 0.25) is 0 Å². The standard InChI is InChI=1S/C9H15N3O2S/c1-12(2)15(13,14)11-9-5-3-8(7-10)4-6-9/h3-6,11H,7,10H2,1-2H3. The van der Waals surface area contributed by atoms with E-state index < -0.39 is 10.2 Å². The third-order valence-corrected chi connectivity index (χ3v) is 3.37. The molecule has 1 aromatic rings. The quantitative estimate of drug-likeness (QED) is 0.783. The molecule has 0 spiro atoms. The van der Waals surface area contributed by atoms with Crippen LogP contribution in [0.2, 0.25) is 0 Å². The summed E-state index contributed by atoms with van der Waals surface area (Å²) in [6.07, 6.45) is 0. The summed E-state index contributed by atoms with van der Waals surface area (Å²) < 4.78 is 26.4. The maximum atomic E-state index is 11.4. The molecule has 6 heteroatoms. The Hall–Kier alpha value is -1.11. The summed E-state index contributed by atoms with van der Waals surface area (Å²) in [6.45, 7) is 0.445. The van der Waals surface area contributed by atoms with Gasteiger partial charge in [-0.25, -0.2) is 0 Å². The Bertz CT molecular complexity index is 411. The summed E-state index contributed by atoms with van der Waals surface area (Å²) in [6, 6.07) is 6.94. The van der Waals surface area contributed by atoms with Gasteiger partial charge in [-0.05, 0) is 17.7 Å². The number of nitrogens with one attached hydrogen (secondary N) is 1. The molecule has 0 atom stereocenters. The second-order valence-corrected chi connectivity index (χ2v) is 5.18. The Labute approximate surface area is 90.1 Å². The lowest BCUT2D eigenvalue weighted by molar-refractivity contribution is 0.527. The second-order valence-electron chi connectivity index (χ2n) is 3.29. The van der Waals surface area contributed by atoms with Crippen LogP contribution in [-0.4, -0.2) is 26.8 Å². The smallest absolute Gasteiger partial charge is 0.301 e. The fourth-order valence-corrected chi connectivity index (χ4v) is 1.57. The maximum absolute atomic E-state index is 11.4. The second kappa shape index (κ2) is 4.61. The summed E-state index contributed by atoms with van der Waals surface area (Å²) in [7, 11) is -0.481. The van der Waals surface area contributed by atoms with Crippen LogP contribution in [0.4, 0.5) is 5.69 Å². The zero-order valence-electron chi connectivity index (χ0n) is 8.77. The van der Waals surface area contributed by atoms with Crippen molar-refractivity contribution < 1.29 is 8.42 Å². The average Bonchev–Trinajstić information content (AvgIpc) is 2.18. The van der Waals surface area contributed by atoms with Crippen molar-refractivity contribution >= 4 is 15.9 Å². The fourth-order valence-electron chi connectivity index (χ4n) is 0.949. The van der Waals surface area contributed by atoms with Crippen LogP contribution in [0.15, 0.2) is 24.3 Å². The van der Waals surface area contributed by atoms with Crippen LogP contribution in [0.3, 0.4) is 0 Å². The molecule has 0 heterocycles. The van der Waals surface area contributed by atoms with E-state index in [-0.39, 0.29) is 0 Å². The van der Waals surface area contributed by atoms with Gasteiger partial charge in [0.05, 0.1) is 0 Å². The van der Waals surface area contributed by atoms with Crippen LogP contribution in [0.1, 0.15) is 5.56 Å². The molecule has 0 aliphatic rings. The van der Waals surface area contributed by atoms with Gasteiger partial charge in [0.1, 0.15) is 0 Å². The molecule has 0 aliphatic carbocycles. The van der Waals surface area contributed by atoms with E-state index >= 15 is 0 Å². The minimum atomic E-state index is -3.42. The molecule has 5 nitrogen and oxygen atoms in total. The van der Waals surface area contributed by atoms with E-state index in [4.69, 9.17) is 5.73 Å². The number of benzene rings is 1. The van der Waals surface area contributed by atoms with Crippen LogP contribution in [0.5, 0.6) is 0 Å². The minimum absolute atomic E-state index is 0.445. The van der Waals surface area contributed by atoms with Gasteiger partial charge in [0.25, 0.3) is 0 Å². The maximum Gasteiger partial charge on any atom is 0.301 e. The van der Waals surface area contributed by atoms with Gasteiger partial charge < -0.3 is 5.73 Å². The summed E-state index contributed by atoms with van der Waals surface area (Å²) in [5, 5.41) is 0. The molecule has 0 radical (unpaired) electrons. The first kappa shape index (κ1) is 12.0. The van der Waals surface area contributed by atoms with Crippen molar-refractivity contribution in [2.75, 3.05) is 18.8 Å². The van der Waals surface area contributed by atoms with Gasteiger partial charge in [0.15, 0.2) is 0 Å². The molecule has 0 saturated heterocycles. The Morgan fingerprint density at radius 3 is 2.20 bits per heavy atom. The molecule has 0 fully saturated rings. The summed E-state index contributed by atoms with van der Waals surface area (Å²) in [5.74, 6) is 0. The van der Waals surface area contributed by atoms with Gasteiger partial charge in [-0.2, -0.15) is 12.7 Å². The van der Waals surface area contributed by atoms with Crippen LogP contribution in [0.25, 0.3) is 0 Å². The number of hydrogen-bond donors (Lipinski definition) is 2. The highest BCUT2D eigenvalue weighted by atomic mass is 32.2. The Morgan fingerprint density at radius 2 is 1.80 bits per heavy atom. The molecule has 15 heavy (non-hydrogen) atoms. The minimum Gasteiger partial charge on any atom is -0.326 e. The van der Waals surface area contributed by atoms with E-state index in [9.17, 15) is 8.42 Å². The van der Waals surface area contributed by atoms with Crippen LogP contribution in [-0.2, 0) is 16.8 Å². The van der Waals surface area contributed by atoms with Gasteiger partial charge in [-0.15, -0.1) is 0 Å². The highest BCUT2D eigenvalue weighted by molar-refractivity contribution is 7.90. The van der Waals surface area contributed by atoms with Gasteiger partial charge in [0, 0.05) is 26.3 Å². The molecule has 0 aromatic heterocycles. The number of rotatable bonds is 4. The first-order valence-electron chi connectivity index (χ1n) is 4.45. The molecule has 1 rings (SSSR count). The third kappa shape index (κ3) is 3.19.